The number of benzene rings is 2. The van der Waals surface area contributed by atoms with Crippen LogP contribution in [-0.4, -0.2) is 22.0 Å². The summed E-state index contributed by atoms with van der Waals surface area (Å²) in [6, 6.07) is 18.6. The topological polar surface area (TPSA) is 94.3 Å². The third kappa shape index (κ3) is 4.31. The van der Waals surface area contributed by atoms with E-state index in [9.17, 15) is 9.59 Å². The third-order valence-electron chi connectivity index (χ3n) is 4.34. The highest BCUT2D eigenvalue weighted by Gasteiger charge is 2.26. The molecular formula is C22H16ClN3O4. The summed E-state index contributed by atoms with van der Waals surface area (Å²) in [5, 5.41) is 7.45. The molecule has 7 nitrogen and oxygen atoms in total. The molecule has 2 aromatic carbocycles. The van der Waals surface area contributed by atoms with Crippen LogP contribution in [0.4, 0.5) is 5.82 Å². The maximum Gasteiger partial charge on any atom is 0.339 e. The zero-order valence-corrected chi connectivity index (χ0v) is 16.6. The lowest BCUT2D eigenvalue weighted by atomic mass is 10.1. The first-order valence-corrected chi connectivity index (χ1v) is 9.44. The Morgan fingerprint density at radius 2 is 1.87 bits per heavy atom. The van der Waals surface area contributed by atoms with Crippen LogP contribution in [0.5, 0.6) is 0 Å². The Morgan fingerprint density at radius 3 is 2.60 bits per heavy atom. The summed E-state index contributed by atoms with van der Waals surface area (Å²) in [6.45, 7) is 1.71. The molecule has 30 heavy (non-hydrogen) atoms. The van der Waals surface area contributed by atoms with Gasteiger partial charge in [-0.25, -0.2) is 9.78 Å². The van der Waals surface area contributed by atoms with Gasteiger partial charge in [0.15, 0.2) is 5.82 Å². The first-order valence-electron chi connectivity index (χ1n) is 9.06. The number of nitrogens with zero attached hydrogens (tertiary/aromatic N) is 2. The second kappa shape index (κ2) is 8.34. The zero-order valence-electron chi connectivity index (χ0n) is 15.8. The van der Waals surface area contributed by atoms with Crippen molar-refractivity contribution in [3.05, 3.63) is 88.8 Å². The Kier molecular flexibility index (Phi) is 5.45. The summed E-state index contributed by atoms with van der Waals surface area (Å²) in [6.07, 6.45) is -1.17. The van der Waals surface area contributed by atoms with Crippen LogP contribution in [0.3, 0.4) is 0 Å². The number of rotatable bonds is 5. The molecule has 0 fully saturated rings. The lowest BCUT2D eigenvalue weighted by Crippen LogP contribution is -2.26. The molecule has 8 heteroatoms. The molecule has 4 aromatic rings. The Hall–Kier alpha value is -3.71. The largest absolute Gasteiger partial charge is 0.444 e. The van der Waals surface area contributed by atoms with Crippen molar-refractivity contribution in [1.82, 2.24) is 10.1 Å². The number of hydrogen-bond donors (Lipinski definition) is 1. The fourth-order valence-corrected chi connectivity index (χ4v) is 3.07. The van der Waals surface area contributed by atoms with Crippen LogP contribution >= 0.6 is 11.6 Å². The monoisotopic (exact) mass is 421 g/mol. The van der Waals surface area contributed by atoms with Crippen LogP contribution in [0, 0.1) is 6.92 Å². The van der Waals surface area contributed by atoms with E-state index in [0.29, 0.717) is 22.0 Å². The summed E-state index contributed by atoms with van der Waals surface area (Å²) in [5.41, 5.74) is 1.47. The highest BCUT2D eigenvalue weighted by Crippen LogP contribution is 2.23. The first-order chi connectivity index (χ1) is 14.5. The van der Waals surface area contributed by atoms with Crippen molar-refractivity contribution in [3.63, 3.8) is 0 Å². The van der Waals surface area contributed by atoms with Crippen molar-refractivity contribution in [2.75, 3.05) is 5.32 Å². The second-order valence-electron chi connectivity index (χ2n) is 6.55. The molecule has 150 valence electrons. The number of fused-ring (bicyclic) bond motifs is 1. The van der Waals surface area contributed by atoms with Gasteiger partial charge in [0.2, 0.25) is 6.10 Å². The van der Waals surface area contributed by atoms with Gasteiger partial charge in [-0.05, 0) is 37.3 Å². The summed E-state index contributed by atoms with van der Waals surface area (Å²) in [5.74, 6) is -0.407. The van der Waals surface area contributed by atoms with Crippen LogP contribution < -0.4 is 5.32 Å². The van der Waals surface area contributed by atoms with E-state index in [4.69, 9.17) is 20.9 Å². The molecule has 0 aliphatic heterocycles. The number of nitrogens with one attached hydrogen (secondary N) is 1. The number of halogens is 1. The van der Waals surface area contributed by atoms with Crippen molar-refractivity contribution < 1.29 is 18.8 Å². The lowest BCUT2D eigenvalue weighted by Gasteiger charge is -2.17. The van der Waals surface area contributed by atoms with E-state index in [0.717, 1.165) is 5.39 Å². The number of carbonyl (C=O) groups is 2. The Balaban J connectivity index is 1.60. The average Bonchev–Trinajstić information content (AvgIpc) is 3.16. The van der Waals surface area contributed by atoms with Gasteiger partial charge in [0.25, 0.3) is 5.91 Å². The van der Waals surface area contributed by atoms with Crippen LogP contribution in [0.1, 0.15) is 27.8 Å². The number of aromatic nitrogens is 2. The van der Waals surface area contributed by atoms with Gasteiger partial charge in [-0.15, -0.1) is 0 Å². The standard InChI is InChI=1S/C22H16ClN3O4/c1-13-11-19(26-30-13)25-21(27)20(14-5-3-2-4-6-14)29-22(28)16-7-9-17-15(12-16)8-10-18(23)24-17/h2-12,20H,1H3,(H,25,26,27). The SMILES string of the molecule is Cc1cc(NC(=O)C(OC(=O)c2ccc3nc(Cl)ccc3c2)c2ccccc2)no1. The molecule has 1 N–H and O–H groups in total. The summed E-state index contributed by atoms with van der Waals surface area (Å²) < 4.78 is 10.5. The maximum atomic E-state index is 12.8. The molecule has 0 spiro atoms. The third-order valence-corrected chi connectivity index (χ3v) is 4.55. The van der Waals surface area contributed by atoms with E-state index in [1.54, 1.807) is 67.6 Å². The molecule has 4 rings (SSSR count). The maximum absolute atomic E-state index is 12.8. The molecule has 1 unspecified atom stereocenters. The van der Waals surface area contributed by atoms with E-state index in [2.05, 4.69) is 15.5 Å². The summed E-state index contributed by atoms with van der Waals surface area (Å²) in [4.78, 5) is 29.9. The number of carbonyl (C=O) groups excluding carboxylic acids is 2. The van der Waals surface area contributed by atoms with E-state index in [-0.39, 0.29) is 11.4 Å². The van der Waals surface area contributed by atoms with Gasteiger partial charge < -0.3 is 14.6 Å². The van der Waals surface area contributed by atoms with Gasteiger partial charge in [0.05, 0.1) is 11.1 Å². The minimum atomic E-state index is -1.17. The molecule has 2 aromatic heterocycles. The lowest BCUT2D eigenvalue weighted by molar-refractivity contribution is -0.125. The van der Waals surface area contributed by atoms with E-state index in [1.165, 1.54) is 0 Å². The van der Waals surface area contributed by atoms with Gasteiger partial charge >= 0.3 is 5.97 Å². The molecule has 0 saturated heterocycles. The smallest absolute Gasteiger partial charge is 0.339 e. The molecule has 0 saturated carbocycles. The number of ether oxygens (including phenoxy) is 1. The van der Waals surface area contributed by atoms with Crippen LogP contribution in [0.25, 0.3) is 10.9 Å². The van der Waals surface area contributed by atoms with Crippen LogP contribution in [-0.2, 0) is 9.53 Å². The molecule has 0 aliphatic carbocycles. The number of pyridine rings is 1. The first kappa shape index (κ1) is 19.6. The normalized spacial score (nSPS) is 11.8. The van der Waals surface area contributed by atoms with Crippen LogP contribution in [0.15, 0.2) is 71.3 Å². The number of anilines is 1. The predicted octanol–water partition coefficient (Wildman–Crippen LogP) is 4.72. The molecule has 0 bridgehead atoms. The summed E-state index contributed by atoms with van der Waals surface area (Å²) in [7, 11) is 0. The molecular weight excluding hydrogens is 406 g/mol. The van der Waals surface area contributed by atoms with Gasteiger partial charge in [-0.2, -0.15) is 0 Å². The molecule has 0 aliphatic rings. The molecule has 1 atom stereocenters. The minimum Gasteiger partial charge on any atom is -0.444 e. The van der Waals surface area contributed by atoms with Crippen molar-refractivity contribution in [3.8, 4) is 0 Å². The van der Waals surface area contributed by atoms with E-state index >= 15 is 0 Å². The molecule has 2 heterocycles. The summed E-state index contributed by atoms with van der Waals surface area (Å²) >= 11 is 5.90. The second-order valence-corrected chi connectivity index (χ2v) is 6.94. The fraction of sp³-hybridized carbons (Fsp3) is 0.0909. The quantitative estimate of drug-likeness (QED) is 0.370. The van der Waals surface area contributed by atoms with Crippen LogP contribution in [0.2, 0.25) is 5.15 Å². The predicted molar refractivity (Wildman–Crippen MR) is 111 cm³/mol. The number of esters is 1. The van der Waals surface area contributed by atoms with Crippen molar-refractivity contribution >= 4 is 40.2 Å². The van der Waals surface area contributed by atoms with Crippen molar-refractivity contribution in [2.45, 2.75) is 13.0 Å². The highest BCUT2D eigenvalue weighted by molar-refractivity contribution is 6.29. The minimum absolute atomic E-state index is 0.239. The van der Waals surface area contributed by atoms with Gasteiger partial charge in [0.1, 0.15) is 10.9 Å². The van der Waals surface area contributed by atoms with E-state index in [1.807, 2.05) is 6.07 Å². The van der Waals surface area contributed by atoms with Gasteiger partial charge in [-0.3, -0.25) is 4.79 Å². The van der Waals surface area contributed by atoms with E-state index < -0.39 is 18.0 Å². The number of hydrogen-bond acceptors (Lipinski definition) is 6. The fourth-order valence-electron chi connectivity index (χ4n) is 2.92. The molecule has 0 radical (unpaired) electrons. The Bertz CT molecular complexity index is 1220. The zero-order chi connectivity index (χ0) is 21.1. The molecule has 1 amide bonds. The average molecular weight is 422 g/mol. The number of aryl methyl sites for hydroxylation is 1. The Labute approximate surface area is 176 Å². The van der Waals surface area contributed by atoms with Crippen molar-refractivity contribution in [1.29, 1.82) is 0 Å². The Morgan fingerprint density at radius 1 is 1.07 bits per heavy atom. The van der Waals surface area contributed by atoms with Gasteiger partial charge in [0, 0.05) is 17.0 Å². The van der Waals surface area contributed by atoms with Crippen molar-refractivity contribution in [2.24, 2.45) is 0 Å². The number of amides is 1. The van der Waals surface area contributed by atoms with Gasteiger partial charge in [-0.1, -0.05) is 47.1 Å². The highest BCUT2D eigenvalue weighted by atomic mass is 35.5.